The smallest absolute Gasteiger partial charge is 0.217 e. The van der Waals surface area contributed by atoms with Gasteiger partial charge in [-0.3, -0.25) is 4.79 Å². The summed E-state index contributed by atoms with van der Waals surface area (Å²) < 4.78 is 31.1. The van der Waals surface area contributed by atoms with E-state index in [4.69, 9.17) is 16.2 Å². The Kier molecular flexibility index (Phi) is 6.97. The van der Waals surface area contributed by atoms with E-state index in [1.807, 2.05) is 0 Å². The highest BCUT2D eigenvalue weighted by atomic mass is 32.2. The van der Waals surface area contributed by atoms with Crippen molar-refractivity contribution in [3.63, 3.8) is 0 Å². The van der Waals surface area contributed by atoms with Crippen LogP contribution in [-0.4, -0.2) is 33.2 Å². The lowest BCUT2D eigenvalue weighted by atomic mass is 10.2. The van der Waals surface area contributed by atoms with Crippen LogP contribution in [-0.2, 0) is 14.8 Å². The monoisotopic (exact) mass is 315 g/mol. The normalized spacial score (nSPS) is 11.2. The van der Waals surface area contributed by atoms with Crippen molar-refractivity contribution < 1.29 is 17.9 Å². The van der Waals surface area contributed by atoms with E-state index in [1.54, 1.807) is 24.3 Å². The van der Waals surface area contributed by atoms with Gasteiger partial charge in [0.05, 0.1) is 5.75 Å². The van der Waals surface area contributed by atoms with Crippen LogP contribution in [0.15, 0.2) is 24.3 Å². The Hall–Kier alpha value is -1.80. The van der Waals surface area contributed by atoms with Crippen LogP contribution in [0.25, 0.3) is 0 Å². The molecule has 0 saturated carbocycles. The summed E-state index contributed by atoms with van der Waals surface area (Å²) >= 11 is 0. The third kappa shape index (κ3) is 8.16. The Labute approximate surface area is 124 Å². The van der Waals surface area contributed by atoms with Gasteiger partial charge in [0.1, 0.15) is 12.4 Å². The highest BCUT2D eigenvalue weighted by Crippen LogP contribution is 2.14. The van der Waals surface area contributed by atoms with Crippen molar-refractivity contribution in [3.05, 3.63) is 24.3 Å². The molecule has 1 aromatic carbocycles. The first-order chi connectivity index (χ1) is 9.89. The Morgan fingerprint density at radius 1 is 1.29 bits per heavy atom. The first kappa shape index (κ1) is 17.3. The highest BCUT2D eigenvalue weighted by molar-refractivity contribution is 7.89. The lowest BCUT2D eigenvalue weighted by Gasteiger charge is -2.08. The van der Waals surface area contributed by atoms with Crippen molar-refractivity contribution in [1.29, 1.82) is 0 Å². The molecule has 0 bridgehead atoms. The van der Waals surface area contributed by atoms with E-state index in [0.717, 1.165) is 0 Å². The summed E-state index contributed by atoms with van der Waals surface area (Å²) in [7, 11) is -3.38. The van der Waals surface area contributed by atoms with Gasteiger partial charge in [0, 0.05) is 24.7 Å². The number of nitrogen functional groups attached to an aromatic ring is 1. The van der Waals surface area contributed by atoms with E-state index >= 15 is 0 Å². The summed E-state index contributed by atoms with van der Waals surface area (Å²) in [6, 6.07) is 6.79. The van der Waals surface area contributed by atoms with Crippen LogP contribution < -0.4 is 20.9 Å². The molecule has 0 aliphatic carbocycles. The van der Waals surface area contributed by atoms with Gasteiger partial charge in [-0.25, -0.2) is 13.1 Å². The predicted molar refractivity (Wildman–Crippen MR) is 81.2 cm³/mol. The number of nitrogens with two attached hydrogens (primary N) is 2. The van der Waals surface area contributed by atoms with E-state index in [-0.39, 0.29) is 31.2 Å². The fourth-order valence-corrected chi connectivity index (χ4v) is 2.50. The minimum atomic E-state index is -3.38. The molecule has 0 unspecified atom stereocenters. The zero-order chi connectivity index (χ0) is 15.7. The average Bonchev–Trinajstić information content (AvgIpc) is 2.37. The van der Waals surface area contributed by atoms with Gasteiger partial charge in [-0.2, -0.15) is 0 Å². The van der Waals surface area contributed by atoms with E-state index < -0.39 is 10.0 Å². The number of hydrogen-bond donors (Lipinski definition) is 3. The maximum absolute atomic E-state index is 11.7. The molecule has 0 radical (unpaired) electrons. The molecular formula is C13H21N3O4S. The van der Waals surface area contributed by atoms with Gasteiger partial charge >= 0.3 is 0 Å². The van der Waals surface area contributed by atoms with Crippen LogP contribution in [0.5, 0.6) is 5.75 Å². The number of amides is 1. The SMILES string of the molecule is NC(=O)CCCCNS(=O)(=O)CCOc1cccc(N)c1. The first-order valence-corrected chi connectivity index (χ1v) is 8.28. The number of hydrogen-bond acceptors (Lipinski definition) is 5. The molecule has 0 aromatic heterocycles. The average molecular weight is 315 g/mol. The van der Waals surface area contributed by atoms with Crippen LogP contribution >= 0.6 is 0 Å². The minimum Gasteiger partial charge on any atom is -0.492 e. The molecule has 0 aliphatic heterocycles. The standard InChI is InChI=1S/C13H21N3O4S/c14-11-4-3-5-12(10-11)20-8-9-21(18,19)16-7-2-1-6-13(15)17/h3-5,10,16H,1-2,6-9,14H2,(H2,15,17). The molecule has 21 heavy (non-hydrogen) atoms. The molecule has 5 N–H and O–H groups in total. The van der Waals surface area contributed by atoms with Crippen LogP contribution in [0.3, 0.4) is 0 Å². The minimum absolute atomic E-state index is 0.0417. The van der Waals surface area contributed by atoms with Gasteiger partial charge in [0.15, 0.2) is 0 Å². The number of ether oxygens (including phenoxy) is 1. The maximum Gasteiger partial charge on any atom is 0.217 e. The van der Waals surface area contributed by atoms with Gasteiger partial charge in [0.25, 0.3) is 0 Å². The van der Waals surface area contributed by atoms with Gasteiger partial charge in [-0.15, -0.1) is 0 Å². The molecule has 0 saturated heterocycles. The maximum atomic E-state index is 11.7. The quantitative estimate of drug-likeness (QED) is 0.421. The zero-order valence-electron chi connectivity index (χ0n) is 11.7. The number of sulfonamides is 1. The van der Waals surface area contributed by atoms with E-state index in [2.05, 4.69) is 4.72 Å². The molecule has 0 heterocycles. The van der Waals surface area contributed by atoms with Crippen LogP contribution in [0.2, 0.25) is 0 Å². The number of nitrogens with one attached hydrogen (secondary N) is 1. The summed E-state index contributed by atoms with van der Waals surface area (Å²) in [5, 5.41) is 0. The number of anilines is 1. The molecule has 0 spiro atoms. The van der Waals surface area contributed by atoms with Gasteiger partial charge in [0.2, 0.25) is 15.9 Å². The molecule has 7 nitrogen and oxygen atoms in total. The Morgan fingerprint density at radius 3 is 2.71 bits per heavy atom. The fourth-order valence-electron chi connectivity index (χ4n) is 1.60. The number of carbonyl (C=O) groups is 1. The number of unbranched alkanes of at least 4 members (excludes halogenated alkanes) is 1. The number of benzene rings is 1. The van der Waals surface area contributed by atoms with Crippen LogP contribution in [0, 0.1) is 0 Å². The molecule has 1 aromatic rings. The summed E-state index contributed by atoms with van der Waals surface area (Å²) in [5.74, 6) is 0.0116. The topological polar surface area (TPSA) is 125 Å². The second-order valence-electron chi connectivity index (χ2n) is 4.56. The summed E-state index contributed by atoms with van der Waals surface area (Å²) in [6.07, 6.45) is 1.40. The van der Waals surface area contributed by atoms with Crippen LogP contribution in [0.1, 0.15) is 19.3 Å². The second kappa shape index (κ2) is 8.48. The lowest BCUT2D eigenvalue weighted by molar-refractivity contribution is -0.118. The Morgan fingerprint density at radius 2 is 2.05 bits per heavy atom. The van der Waals surface area contributed by atoms with Crippen molar-refractivity contribution in [2.24, 2.45) is 5.73 Å². The van der Waals surface area contributed by atoms with Gasteiger partial charge in [-0.05, 0) is 25.0 Å². The van der Waals surface area contributed by atoms with Crippen LogP contribution in [0.4, 0.5) is 5.69 Å². The predicted octanol–water partition coefficient (Wildman–Crippen LogP) is 0.223. The molecule has 8 heteroatoms. The Bertz CT molecular complexity index is 560. The third-order valence-electron chi connectivity index (χ3n) is 2.65. The van der Waals surface area contributed by atoms with Crippen molar-refractivity contribution in [3.8, 4) is 5.75 Å². The molecule has 0 atom stereocenters. The van der Waals surface area contributed by atoms with Crippen molar-refractivity contribution in [2.75, 3.05) is 24.6 Å². The summed E-state index contributed by atoms with van der Waals surface area (Å²) in [5.41, 5.74) is 11.1. The van der Waals surface area contributed by atoms with Gasteiger partial charge < -0.3 is 16.2 Å². The van der Waals surface area contributed by atoms with Gasteiger partial charge in [-0.1, -0.05) is 6.07 Å². The number of primary amides is 1. The third-order valence-corrected chi connectivity index (χ3v) is 4.00. The molecule has 0 fully saturated rings. The first-order valence-electron chi connectivity index (χ1n) is 6.63. The number of rotatable bonds is 10. The van der Waals surface area contributed by atoms with E-state index in [1.165, 1.54) is 0 Å². The summed E-state index contributed by atoms with van der Waals surface area (Å²) in [4.78, 5) is 10.5. The van der Waals surface area contributed by atoms with E-state index in [0.29, 0.717) is 24.3 Å². The summed E-state index contributed by atoms with van der Waals surface area (Å²) in [6.45, 7) is 0.327. The van der Waals surface area contributed by atoms with E-state index in [9.17, 15) is 13.2 Å². The molecular weight excluding hydrogens is 294 g/mol. The highest BCUT2D eigenvalue weighted by Gasteiger charge is 2.09. The fraction of sp³-hybridized carbons (Fsp3) is 0.462. The number of carbonyl (C=O) groups excluding carboxylic acids is 1. The lowest BCUT2D eigenvalue weighted by Crippen LogP contribution is -2.30. The largest absolute Gasteiger partial charge is 0.492 e. The molecule has 1 amide bonds. The Balaban J connectivity index is 2.22. The zero-order valence-corrected chi connectivity index (χ0v) is 12.6. The molecule has 118 valence electrons. The van der Waals surface area contributed by atoms with Crippen molar-refractivity contribution >= 4 is 21.6 Å². The second-order valence-corrected chi connectivity index (χ2v) is 6.48. The van der Waals surface area contributed by atoms with Crippen molar-refractivity contribution in [1.82, 2.24) is 4.72 Å². The van der Waals surface area contributed by atoms with Crippen molar-refractivity contribution in [2.45, 2.75) is 19.3 Å². The molecule has 0 aliphatic rings. The molecule has 1 rings (SSSR count).